The Bertz CT molecular complexity index is 459. The standard InChI is InChI=1S/C13H21N3O/c1-8-9(2)16(5)11(15-8)7-14-12(17)10-6-13(10,3)4/h10H,6-7H2,1-5H3,(H,14,17)/t10-/m0/s1. The SMILES string of the molecule is Cc1nc(CNC(=O)[C@@H]2CC2(C)C)n(C)c1C. The summed E-state index contributed by atoms with van der Waals surface area (Å²) in [4.78, 5) is 16.3. The molecule has 1 aromatic rings. The molecule has 1 aliphatic rings. The maximum absolute atomic E-state index is 11.8. The van der Waals surface area contributed by atoms with Crippen molar-refractivity contribution in [1.82, 2.24) is 14.9 Å². The summed E-state index contributed by atoms with van der Waals surface area (Å²) >= 11 is 0. The van der Waals surface area contributed by atoms with E-state index < -0.39 is 0 Å². The minimum atomic E-state index is 0.160. The number of imidazole rings is 1. The summed E-state index contributed by atoms with van der Waals surface area (Å²) < 4.78 is 2.04. The summed E-state index contributed by atoms with van der Waals surface area (Å²) in [6, 6.07) is 0. The van der Waals surface area contributed by atoms with Gasteiger partial charge in [-0.3, -0.25) is 4.79 Å². The van der Waals surface area contributed by atoms with Gasteiger partial charge >= 0.3 is 0 Å². The van der Waals surface area contributed by atoms with Gasteiger partial charge in [0, 0.05) is 18.7 Å². The Hall–Kier alpha value is -1.32. The van der Waals surface area contributed by atoms with E-state index in [0.29, 0.717) is 6.54 Å². The lowest BCUT2D eigenvalue weighted by molar-refractivity contribution is -0.123. The number of hydrogen-bond donors (Lipinski definition) is 1. The highest BCUT2D eigenvalue weighted by atomic mass is 16.2. The number of carbonyl (C=O) groups is 1. The first-order valence-corrected chi connectivity index (χ1v) is 6.09. The van der Waals surface area contributed by atoms with E-state index in [9.17, 15) is 4.79 Å². The van der Waals surface area contributed by atoms with Crippen LogP contribution in [0.4, 0.5) is 0 Å². The van der Waals surface area contributed by atoms with E-state index in [0.717, 1.165) is 23.6 Å². The van der Waals surface area contributed by atoms with Crippen LogP contribution in [0.2, 0.25) is 0 Å². The van der Waals surface area contributed by atoms with Crippen LogP contribution in [-0.2, 0) is 18.4 Å². The molecule has 94 valence electrons. The van der Waals surface area contributed by atoms with Crippen LogP contribution in [0.15, 0.2) is 0 Å². The van der Waals surface area contributed by atoms with Gasteiger partial charge in [0.2, 0.25) is 5.91 Å². The molecule has 1 amide bonds. The highest BCUT2D eigenvalue weighted by Gasteiger charge is 2.50. The zero-order valence-electron chi connectivity index (χ0n) is 11.3. The Kier molecular flexibility index (Phi) is 2.76. The maximum atomic E-state index is 11.8. The van der Waals surface area contributed by atoms with Crippen LogP contribution in [0.1, 0.15) is 37.5 Å². The van der Waals surface area contributed by atoms with Gasteiger partial charge < -0.3 is 9.88 Å². The average molecular weight is 235 g/mol. The second kappa shape index (κ2) is 3.86. The van der Waals surface area contributed by atoms with Gasteiger partial charge in [-0.25, -0.2) is 4.98 Å². The van der Waals surface area contributed by atoms with E-state index in [1.165, 1.54) is 0 Å². The molecule has 17 heavy (non-hydrogen) atoms. The van der Waals surface area contributed by atoms with Crippen molar-refractivity contribution in [3.8, 4) is 0 Å². The largest absolute Gasteiger partial charge is 0.349 e. The molecule has 2 rings (SSSR count). The molecule has 1 aliphatic carbocycles. The van der Waals surface area contributed by atoms with Crippen molar-refractivity contribution in [3.63, 3.8) is 0 Å². The molecule has 1 atom stereocenters. The molecule has 0 saturated heterocycles. The highest BCUT2D eigenvalue weighted by molar-refractivity contribution is 5.82. The van der Waals surface area contributed by atoms with Crippen molar-refractivity contribution in [2.24, 2.45) is 18.4 Å². The number of nitrogens with zero attached hydrogens (tertiary/aromatic N) is 2. The third-order valence-electron chi connectivity index (χ3n) is 3.96. The van der Waals surface area contributed by atoms with Crippen molar-refractivity contribution in [2.75, 3.05) is 0 Å². The van der Waals surface area contributed by atoms with Crippen molar-refractivity contribution in [1.29, 1.82) is 0 Å². The third-order valence-corrected chi connectivity index (χ3v) is 3.96. The molecular formula is C13H21N3O. The number of aryl methyl sites for hydroxylation is 1. The maximum Gasteiger partial charge on any atom is 0.224 e. The zero-order chi connectivity index (χ0) is 12.8. The fraction of sp³-hybridized carbons (Fsp3) is 0.692. The Balaban J connectivity index is 1.94. The van der Waals surface area contributed by atoms with Gasteiger partial charge in [0.25, 0.3) is 0 Å². The van der Waals surface area contributed by atoms with Gasteiger partial charge in [-0.15, -0.1) is 0 Å². The molecular weight excluding hydrogens is 214 g/mol. The lowest BCUT2D eigenvalue weighted by Gasteiger charge is -2.07. The summed E-state index contributed by atoms with van der Waals surface area (Å²) in [5, 5.41) is 2.98. The quantitative estimate of drug-likeness (QED) is 0.866. The fourth-order valence-corrected chi connectivity index (χ4v) is 2.15. The number of nitrogens with one attached hydrogen (secondary N) is 1. The summed E-state index contributed by atoms with van der Waals surface area (Å²) in [5.41, 5.74) is 2.38. The third kappa shape index (κ3) is 2.21. The lowest BCUT2D eigenvalue weighted by Crippen LogP contribution is -2.27. The molecule has 0 unspecified atom stereocenters. The van der Waals surface area contributed by atoms with Crippen molar-refractivity contribution < 1.29 is 4.79 Å². The smallest absolute Gasteiger partial charge is 0.224 e. The summed E-state index contributed by atoms with van der Waals surface area (Å²) in [6.07, 6.45) is 0.997. The first kappa shape index (κ1) is 12.1. The molecule has 0 spiro atoms. The van der Waals surface area contributed by atoms with Crippen molar-refractivity contribution in [3.05, 3.63) is 17.2 Å². The molecule has 1 aromatic heterocycles. The topological polar surface area (TPSA) is 46.9 Å². The molecule has 4 nitrogen and oxygen atoms in total. The molecule has 0 aliphatic heterocycles. The van der Waals surface area contributed by atoms with Crippen LogP contribution >= 0.6 is 0 Å². The predicted molar refractivity (Wildman–Crippen MR) is 66.4 cm³/mol. The monoisotopic (exact) mass is 235 g/mol. The normalized spacial score (nSPS) is 21.4. The average Bonchev–Trinajstić information content (AvgIpc) is 2.83. The minimum absolute atomic E-state index is 0.160. The molecule has 4 heteroatoms. The van der Waals surface area contributed by atoms with Crippen molar-refractivity contribution in [2.45, 2.75) is 40.7 Å². The van der Waals surface area contributed by atoms with Gasteiger partial charge in [0.05, 0.1) is 12.2 Å². The van der Waals surface area contributed by atoms with E-state index in [1.807, 2.05) is 25.5 Å². The Morgan fingerprint density at radius 1 is 1.53 bits per heavy atom. The Labute approximate surface area is 102 Å². The van der Waals surface area contributed by atoms with Gasteiger partial charge in [0.15, 0.2) is 0 Å². The first-order chi connectivity index (χ1) is 7.83. The first-order valence-electron chi connectivity index (χ1n) is 6.09. The lowest BCUT2D eigenvalue weighted by atomic mass is 10.1. The van der Waals surface area contributed by atoms with E-state index in [-0.39, 0.29) is 17.2 Å². The predicted octanol–water partition coefficient (Wildman–Crippen LogP) is 1.70. The van der Waals surface area contributed by atoms with Crippen LogP contribution in [-0.4, -0.2) is 15.5 Å². The van der Waals surface area contributed by atoms with Gasteiger partial charge in [0.1, 0.15) is 5.82 Å². The van der Waals surface area contributed by atoms with Crippen LogP contribution in [0.25, 0.3) is 0 Å². The van der Waals surface area contributed by atoms with E-state index in [1.54, 1.807) is 0 Å². The molecule has 1 N–H and O–H groups in total. The number of amides is 1. The number of rotatable bonds is 3. The van der Waals surface area contributed by atoms with Gasteiger partial charge in [-0.2, -0.15) is 0 Å². The minimum Gasteiger partial charge on any atom is -0.349 e. The number of carbonyl (C=O) groups excluding carboxylic acids is 1. The van der Waals surface area contributed by atoms with Crippen LogP contribution < -0.4 is 5.32 Å². The summed E-state index contributed by atoms with van der Waals surface area (Å²) in [5.74, 6) is 1.27. The molecule has 0 aromatic carbocycles. The molecule has 1 saturated carbocycles. The second-order valence-corrected chi connectivity index (χ2v) is 5.72. The van der Waals surface area contributed by atoms with Gasteiger partial charge in [-0.05, 0) is 25.7 Å². The van der Waals surface area contributed by atoms with E-state index in [4.69, 9.17) is 0 Å². The van der Waals surface area contributed by atoms with Crippen LogP contribution in [0.3, 0.4) is 0 Å². The summed E-state index contributed by atoms with van der Waals surface area (Å²) in [7, 11) is 1.98. The Morgan fingerprint density at radius 3 is 2.53 bits per heavy atom. The molecule has 0 radical (unpaired) electrons. The van der Waals surface area contributed by atoms with E-state index >= 15 is 0 Å². The highest BCUT2D eigenvalue weighted by Crippen LogP contribution is 2.51. The van der Waals surface area contributed by atoms with Crippen molar-refractivity contribution >= 4 is 5.91 Å². The molecule has 0 bridgehead atoms. The number of hydrogen-bond acceptors (Lipinski definition) is 2. The molecule has 1 heterocycles. The zero-order valence-corrected chi connectivity index (χ0v) is 11.3. The van der Waals surface area contributed by atoms with Crippen LogP contribution in [0.5, 0.6) is 0 Å². The van der Waals surface area contributed by atoms with Crippen LogP contribution in [0, 0.1) is 25.2 Å². The second-order valence-electron chi connectivity index (χ2n) is 5.72. The van der Waals surface area contributed by atoms with Gasteiger partial charge in [-0.1, -0.05) is 13.8 Å². The van der Waals surface area contributed by atoms with E-state index in [2.05, 4.69) is 24.1 Å². The number of aromatic nitrogens is 2. The fourth-order valence-electron chi connectivity index (χ4n) is 2.15. The summed E-state index contributed by atoms with van der Waals surface area (Å²) in [6.45, 7) is 8.82. The molecule has 1 fully saturated rings. The Morgan fingerprint density at radius 2 is 2.12 bits per heavy atom.